The summed E-state index contributed by atoms with van der Waals surface area (Å²) in [5.41, 5.74) is 7.16. The molecule has 390 valence electrons. The van der Waals surface area contributed by atoms with E-state index in [1.165, 1.54) is 26.2 Å². The average molecular weight is 1020 g/mol. The Bertz CT molecular complexity index is 2770. The van der Waals surface area contributed by atoms with E-state index in [1.54, 1.807) is 44.9 Å². The molecule has 72 heavy (non-hydrogen) atoms. The van der Waals surface area contributed by atoms with Gasteiger partial charge in [0, 0.05) is 51.7 Å². The van der Waals surface area contributed by atoms with E-state index in [-0.39, 0.29) is 86.5 Å². The molecule has 1 aromatic heterocycles. The minimum Gasteiger partial charge on any atom is -0.444 e. The molecule has 0 bridgehead atoms. The number of carbonyl (C=O) groups excluding carboxylic acids is 8. The molecule has 2 unspecified atom stereocenters. The predicted molar refractivity (Wildman–Crippen MR) is 262 cm³/mol. The van der Waals surface area contributed by atoms with Gasteiger partial charge in [-0.25, -0.2) is 18.0 Å². The Balaban J connectivity index is 0.981. The van der Waals surface area contributed by atoms with Gasteiger partial charge in [0.05, 0.1) is 22.5 Å². The second-order valence-electron chi connectivity index (χ2n) is 20.8. The van der Waals surface area contributed by atoms with Crippen LogP contribution in [0.4, 0.5) is 4.79 Å². The summed E-state index contributed by atoms with van der Waals surface area (Å²) in [5, 5.41) is 10.5. The van der Waals surface area contributed by atoms with Crippen LogP contribution in [-0.2, 0) is 68.1 Å². The maximum atomic E-state index is 14.6. The summed E-state index contributed by atoms with van der Waals surface area (Å²) in [4.78, 5) is 122. The zero-order valence-electron chi connectivity index (χ0n) is 41.6. The van der Waals surface area contributed by atoms with Crippen molar-refractivity contribution < 1.29 is 51.5 Å². The van der Waals surface area contributed by atoms with Gasteiger partial charge in [-0.15, -0.1) is 0 Å². The number of hydrogen-bond donors (Lipinski definition) is 5. The number of piperidine rings is 1. The number of imidazole rings is 1. The zero-order valence-corrected chi connectivity index (χ0v) is 42.4. The first kappa shape index (κ1) is 53.2. The van der Waals surface area contributed by atoms with E-state index in [4.69, 9.17) is 10.5 Å². The van der Waals surface area contributed by atoms with Crippen molar-refractivity contribution in [2.24, 2.45) is 24.6 Å². The van der Waals surface area contributed by atoms with Gasteiger partial charge in [-0.2, -0.15) is 0 Å². The Hall–Kier alpha value is -6.58. The number of aromatic nitrogens is 2. The summed E-state index contributed by atoms with van der Waals surface area (Å²) in [5.74, 6) is -3.08. The molecule has 22 heteroatoms. The molecule has 3 aromatic rings. The number of hydrogen-bond acceptors (Lipinski definition) is 12. The van der Waals surface area contributed by atoms with Crippen molar-refractivity contribution in [3.63, 3.8) is 0 Å². The van der Waals surface area contributed by atoms with Gasteiger partial charge in [0.15, 0.2) is 9.84 Å². The number of nitrogens with zero attached hydrogens (tertiary/aromatic N) is 4. The Labute approximate surface area is 418 Å². The number of amides is 8. The maximum Gasteiger partial charge on any atom is 0.408 e. The standard InChI is InChI=1S/C50H67N9O12S/c1-50(2,3)71-48(67)54-36-28-57(43(62)26-30-8-6-29(7-9-30)24-32-12-17-37-40(25-32)56(4)49(68)59(37)39-19-21-42(61)55-46(39)65)23-22-33-13-18-38(58(33)47(36)66)45(64)53-35(16-20-41(51)60)44(63)52-27-31-10-14-34(15-11-31)72(5,69)70/h10-12,14-15,17,25,29-30,33,35-36,38-39H,6-9,13,16,18-24,26-28H2,1-5H3,(H2,51,60)(H,52,63)(H,53,64)(H,54,67)(H,55,61,65)/t29?,30?,33-,35?,36+,38+,39?/m1/s1. The summed E-state index contributed by atoms with van der Waals surface area (Å²) < 4.78 is 32.3. The summed E-state index contributed by atoms with van der Waals surface area (Å²) in [6.45, 7) is 5.13. The first-order chi connectivity index (χ1) is 33.9. The number of benzene rings is 2. The minimum absolute atomic E-state index is 0.00756. The molecule has 6 N–H and O–H groups in total. The lowest BCUT2D eigenvalue weighted by Crippen LogP contribution is -2.62. The van der Waals surface area contributed by atoms with Gasteiger partial charge < -0.3 is 36.2 Å². The van der Waals surface area contributed by atoms with Crippen LogP contribution < -0.4 is 32.7 Å². The van der Waals surface area contributed by atoms with Crippen molar-refractivity contribution in [1.29, 1.82) is 0 Å². The van der Waals surface area contributed by atoms with Gasteiger partial charge in [-0.3, -0.25) is 48.0 Å². The summed E-state index contributed by atoms with van der Waals surface area (Å²) in [6, 6.07) is 6.99. The normalized spacial score (nSPS) is 23.3. The van der Waals surface area contributed by atoms with Crippen LogP contribution in [0.3, 0.4) is 0 Å². The molecule has 4 fully saturated rings. The number of imide groups is 1. The molecular weight excluding hydrogens is 951 g/mol. The fourth-order valence-corrected chi connectivity index (χ4v) is 11.2. The lowest BCUT2D eigenvalue weighted by atomic mass is 9.78. The number of nitrogens with two attached hydrogens (primary N) is 1. The third kappa shape index (κ3) is 12.9. The lowest BCUT2D eigenvalue weighted by molar-refractivity contribution is -0.146. The molecule has 7 rings (SSSR count). The fraction of sp³-hybridized carbons (Fsp3) is 0.580. The van der Waals surface area contributed by atoms with Crippen LogP contribution in [0, 0.1) is 11.8 Å². The zero-order chi connectivity index (χ0) is 52.2. The van der Waals surface area contributed by atoms with Crippen molar-refractivity contribution in [3.05, 3.63) is 64.1 Å². The monoisotopic (exact) mass is 1020 g/mol. The average Bonchev–Trinajstić information content (AvgIpc) is 3.84. The van der Waals surface area contributed by atoms with E-state index in [0.717, 1.165) is 43.9 Å². The number of alkyl carbamates (subject to hydrolysis) is 1. The van der Waals surface area contributed by atoms with Gasteiger partial charge in [0.25, 0.3) is 0 Å². The molecule has 1 saturated carbocycles. The molecule has 4 heterocycles. The fourth-order valence-electron chi connectivity index (χ4n) is 10.5. The van der Waals surface area contributed by atoms with E-state index in [0.29, 0.717) is 35.4 Å². The van der Waals surface area contributed by atoms with E-state index in [2.05, 4.69) is 21.3 Å². The number of primary amides is 1. The Morgan fingerprint density at radius 1 is 0.875 bits per heavy atom. The van der Waals surface area contributed by atoms with E-state index in [1.807, 2.05) is 18.2 Å². The molecule has 3 saturated heterocycles. The Morgan fingerprint density at radius 3 is 2.21 bits per heavy atom. The van der Waals surface area contributed by atoms with E-state index < -0.39 is 81.3 Å². The van der Waals surface area contributed by atoms with Crippen molar-refractivity contribution >= 4 is 68.3 Å². The Kier molecular flexibility index (Phi) is 16.3. The van der Waals surface area contributed by atoms with Crippen LogP contribution in [0.1, 0.15) is 115 Å². The molecule has 8 amide bonds. The van der Waals surface area contributed by atoms with Crippen LogP contribution in [0.2, 0.25) is 0 Å². The van der Waals surface area contributed by atoms with Crippen LogP contribution in [0.25, 0.3) is 11.0 Å². The highest BCUT2D eigenvalue weighted by atomic mass is 32.2. The Morgan fingerprint density at radius 2 is 1.56 bits per heavy atom. The van der Waals surface area contributed by atoms with Gasteiger partial charge in [-0.05, 0) is 132 Å². The van der Waals surface area contributed by atoms with E-state index >= 15 is 0 Å². The number of sulfone groups is 1. The SMILES string of the molecule is Cn1c(=O)n(C2CCC(=O)NC2=O)c2ccc(CC3CCC(CC(=O)N4CC[C@H]5CC[C@@H](C(=O)NC(CCC(N)=O)C(=O)NCc6ccc(S(C)(=O)=O)cc6)N5C(=O)[C@@H](NC(=O)OC(C)(C)C)C4)CC3)cc21. The highest BCUT2D eigenvalue weighted by Gasteiger charge is 2.46. The molecule has 1 aliphatic carbocycles. The van der Waals surface area contributed by atoms with Crippen LogP contribution in [0.15, 0.2) is 52.2 Å². The highest BCUT2D eigenvalue weighted by molar-refractivity contribution is 7.90. The lowest BCUT2D eigenvalue weighted by Gasteiger charge is -2.39. The maximum absolute atomic E-state index is 14.6. The van der Waals surface area contributed by atoms with Crippen molar-refractivity contribution in [2.75, 3.05) is 19.3 Å². The van der Waals surface area contributed by atoms with E-state index in [9.17, 15) is 51.6 Å². The van der Waals surface area contributed by atoms with Crippen LogP contribution in [0.5, 0.6) is 0 Å². The summed E-state index contributed by atoms with van der Waals surface area (Å²) in [7, 11) is -1.76. The number of fused-ring (bicyclic) bond motifs is 2. The molecule has 0 spiro atoms. The quantitative estimate of drug-likeness (QED) is 0.137. The number of ether oxygens (including phenoxy) is 1. The topological polar surface area (TPSA) is 287 Å². The predicted octanol–water partition coefficient (Wildman–Crippen LogP) is 2.01. The largest absolute Gasteiger partial charge is 0.444 e. The van der Waals surface area contributed by atoms with Crippen LogP contribution in [-0.4, -0.2) is 124 Å². The minimum atomic E-state index is -3.43. The molecule has 0 radical (unpaired) electrons. The van der Waals surface area contributed by atoms with Gasteiger partial charge in [0.1, 0.15) is 29.8 Å². The molecule has 21 nitrogen and oxygen atoms in total. The molecular formula is C50H67N9O12S. The van der Waals surface area contributed by atoms with Gasteiger partial charge in [0.2, 0.25) is 41.4 Å². The second-order valence-corrected chi connectivity index (χ2v) is 22.8. The summed E-state index contributed by atoms with van der Waals surface area (Å²) >= 11 is 0. The smallest absolute Gasteiger partial charge is 0.408 e. The number of nitrogens with one attached hydrogen (secondary N) is 4. The first-order valence-corrected chi connectivity index (χ1v) is 26.6. The van der Waals surface area contributed by atoms with Crippen molar-refractivity contribution in [1.82, 2.24) is 40.2 Å². The third-order valence-electron chi connectivity index (χ3n) is 14.3. The molecule has 2 aromatic carbocycles. The molecule has 4 aliphatic rings. The van der Waals surface area contributed by atoms with Gasteiger partial charge >= 0.3 is 11.8 Å². The van der Waals surface area contributed by atoms with Crippen molar-refractivity contribution in [3.8, 4) is 0 Å². The molecule has 3 aliphatic heterocycles. The summed E-state index contributed by atoms with van der Waals surface area (Å²) in [6.07, 6.45) is 5.66. The number of carbonyl (C=O) groups is 8. The highest BCUT2D eigenvalue weighted by Crippen LogP contribution is 2.35. The van der Waals surface area contributed by atoms with Crippen molar-refractivity contribution in [2.45, 2.75) is 151 Å². The molecule has 5 atom stereocenters. The third-order valence-corrected chi connectivity index (χ3v) is 15.4. The van der Waals surface area contributed by atoms with Crippen LogP contribution >= 0.6 is 0 Å². The van der Waals surface area contributed by atoms with Gasteiger partial charge in [-0.1, -0.05) is 18.2 Å². The number of rotatable bonds is 15. The number of aryl methyl sites for hydroxylation is 1. The second kappa shape index (κ2) is 22.0. The first-order valence-electron chi connectivity index (χ1n) is 24.7.